The van der Waals surface area contributed by atoms with E-state index in [2.05, 4.69) is 15.9 Å². The Labute approximate surface area is 194 Å². The molecule has 0 spiro atoms. The van der Waals surface area contributed by atoms with E-state index in [4.69, 9.17) is 0 Å². The first-order chi connectivity index (χ1) is 15.5. The molecule has 0 fully saturated rings. The highest BCUT2D eigenvalue weighted by atomic mass is 79.9. The molecule has 170 valence electrons. The molecule has 0 aliphatic heterocycles. The number of allylic oxidation sites excluding steroid dienone is 1. The fraction of sp³-hybridized carbons (Fsp3) is 0. The van der Waals surface area contributed by atoms with E-state index in [9.17, 15) is 42.0 Å². The van der Waals surface area contributed by atoms with Crippen LogP contribution in [0.4, 0.5) is 27.6 Å². The molecule has 33 heavy (non-hydrogen) atoms. The van der Waals surface area contributed by atoms with Crippen LogP contribution in [0.5, 0.6) is 5.75 Å². The Bertz CT molecular complexity index is 1290. The van der Waals surface area contributed by atoms with Gasteiger partial charge in [0, 0.05) is 16.1 Å². The molecular weight excluding hydrogens is 537 g/mol. The number of carbonyl (C=O) groups is 1. The van der Waals surface area contributed by atoms with Crippen molar-refractivity contribution in [3.8, 4) is 5.75 Å². The molecule has 0 unspecified atom stereocenters. The number of thioether (sulfide) groups is 1. The topological polar surface area (TPSA) is 80.4 Å². The van der Waals surface area contributed by atoms with Crippen molar-refractivity contribution < 1.29 is 36.8 Å². The van der Waals surface area contributed by atoms with E-state index in [1.54, 1.807) is 0 Å². The maximum Gasteiger partial charge on any atom is 0.311 e. The van der Waals surface area contributed by atoms with Crippen LogP contribution < -0.4 is 0 Å². The van der Waals surface area contributed by atoms with Gasteiger partial charge in [-0.15, -0.1) is 0 Å². The van der Waals surface area contributed by atoms with Gasteiger partial charge < -0.3 is 5.11 Å². The number of hydrogen-bond acceptors (Lipinski definition) is 5. The monoisotopic (exact) mass is 545 g/mol. The highest BCUT2D eigenvalue weighted by Crippen LogP contribution is 2.38. The first-order valence-electron chi connectivity index (χ1n) is 8.70. The van der Waals surface area contributed by atoms with E-state index in [-0.39, 0.29) is 22.9 Å². The standard InChI is InChI=1S/C21H9BrF5NO4S/c22-11-4-2-10(3-5-11)20(30)14(8-9-1-6-13(29)12(7-9)28(31)32)33-21-18(26)16(24)15(23)17(25)19(21)27/h1-8,29H/b14-8+. The number of rotatable bonds is 6. The third-order valence-electron chi connectivity index (χ3n) is 4.21. The minimum Gasteiger partial charge on any atom is -0.502 e. The molecule has 0 saturated heterocycles. The van der Waals surface area contributed by atoms with Crippen LogP contribution in [0.2, 0.25) is 0 Å². The number of hydrogen-bond donors (Lipinski definition) is 1. The van der Waals surface area contributed by atoms with Crippen LogP contribution in [0.1, 0.15) is 15.9 Å². The van der Waals surface area contributed by atoms with E-state index in [0.29, 0.717) is 4.47 Å². The maximum absolute atomic E-state index is 14.2. The van der Waals surface area contributed by atoms with E-state index < -0.39 is 61.0 Å². The molecule has 5 nitrogen and oxygen atoms in total. The van der Waals surface area contributed by atoms with Crippen molar-refractivity contribution in [1.29, 1.82) is 0 Å². The SMILES string of the molecule is O=C(/C(=C\c1ccc(O)c([N+](=O)[O-])c1)Sc1c(F)c(F)c(F)c(F)c1F)c1ccc(Br)cc1. The summed E-state index contributed by atoms with van der Waals surface area (Å²) in [5, 5.41) is 20.7. The molecule has 0 aliphatic rings. The summed E-state index contributed by atoms with van der Waals surface area (Å²) in [6.45, 7) is 0. The number of phenols is 1. The Balaban J connectivity index is 2.18. The molecule has 0 aromatic heterocycles. The van der Waals surface area contributed by atoms with Crippen LogP contribution in [-0.4, -0.2) is 15.8 Å². The lowest BCUT2D eigenvalue weighted by molar-refractivity contribution is -0.385. The molecule has 12 heteroatoms. The molecule has 0 saturated carbocycles. The van der Waals surface area contributed by atoms with Crippen LogP contribution in [0, 0.1) is 39.2 Å². The van der Waals surface area contributed by atoms with Crippen LogP contribution >= 0.6 is 27.7 Å². The fourth-order valence-electron chi connectivity index (χ4n) is 2.60. The van der Waals surface area contributed by atoms with Crippen LogP contribution in [0.3, 0.4) is 0 Å². The highest BCUT2D eigenvalue weighted by molar-refractivity contribution is 9.10. The van der Waals surface area contributed by atoms with Gasteiger partial charge >= 0.3 is 5.69 Å². The van der Waals surface area contributed by atoms with Gasteiger partial charge in [0.25, 0.3) is 0 Å². The summed E-state index contributed by atoms with van der Waals surface area (Å²) in [4.78, 5) is 21.4. The quantitative estimate of drug-likeness (QED) is 0.0540. The second-order valence-corrected chi connectivity index (χ2v) is 8.32. The predicted molar refractivity (Wildman–Crippen MR) is 113 cm³/mol. The van der Waals surface area contributed by atoms with Crippen molar-refractivity contribution in [3.63, 3.8) is 0 Å². The summed E-state index contributed by atoms with van der Waals surface area (Å²) >= 11 is 3.14. The third-order valence-corrected chi connectivity index (χ3v) is 5.82. The molecule has 1 N–H and O–H groups in total. The Kier molecular flexibility index (Phi) is 7.18. The van der Waals surface area contributed by atoms with Gasteiger partial charge in [0.15, 0.2) is 34.8 Å². The molecule has 3 aromatic rings. The van der Waals surface area contributed by atoms with Gasteiger partial charge in [-0.1, -0.05) is 33.8 Å². The zero-order valence-electron chi connectivity index (χ0n) is 15.9. The molecule has 0 heterocycles. The Morgan fingerprint density at radius 3 is 2.03 bits per heavy atom. The number of phenolic OH excluding ortho intramolecular Hbond substituents is 1. The van der Waals surface area contributed by atoms with Crippen molar-refractivity contribution in [1.82, 2.24) is 0 Å². The molecule has 0 atom stereocenters. The Morgan fingerprint density at radius 1 is 0.939 bits per heavy atom. The molecule has 3 rings (SSSR count). The lowest BCUT2D eigenvalue weighted by atomic mass is 10.1. The van der Waals surface area contributed by atoms with Gasteiger partial charge in [0.2, 0.25) is 5.82 Å². The van der Waals surface area contributed by atoms with Crippen molar-refractivity contribution >= 4 is 45.2 Å². The van der Waals surface area contributed by atoms with E-state index in [0.717, 1.165) is 24.3 Å². The maximum atomic E-state index is 14.2. The summed E-state index contributed by atoms with van der Waals surface area (Å²) in [6.07, 6.45) is 0.972. The van der Waals surface area contributed by atoms with E-state index in [1.165, 1.54) is 24.3 Å². The molecule has 0 aliphatic carbocycles. The minimum atomic E-state index is -2.35. The molecule has 0 amide bonds. The summed E-state index contributed by atoms with van der Waals surface area (Å²) in [6, 6.07) is 8.66. The first-order valence-corrected chi connectivity index (χ1v) is 10.3. The number of Topliss-reactive ketones (excluding diaryl/α,β-unsaturated/α-hetero) is 1. The van der Waals surface area contributed by atoms with E-state index in [1.807, 2.05) is 0 Å². The number of ketones is 1. The highest BCUT2D eigenvalue weighted by Gasteiger charge is 2.28. The second kappa shape index (κ2) is 9.71. The van der Waals surface area contributed by atoms with Crippen LogP contribution in [-0.2, 0) is 0 Å². The number of benzene rings is 3. The second-order valence-electron chi connectivity index (χ2n) is 6.35. The van der Waals surface area contributed by atoms with Gasteiger partial charge in [0.1, 0.15) is 0 Å². The third kappa shape index (κ3) is 5.06. The Morgan fingerprint density at radius 2 is 1.48 bits per heavy atom. The van der Waals surface area contributed by atoms with E-state index >= 15 is 0 Å². The molecular formula is C21H9BrF5NO4S. The number of nitro benzene ring substituents is 1. The molecule has 0 bridgehead atoms. The van der Waals surface area contributed by atoms with Gasteiger partial charge in [-0.25, -0.2) is 22.0 Å². The summed E-state index contributed by atoms with van der Waals surface area (Å²) in [5.74, 6) is -12.5. The number of carbonyl (C=O) groups excluding carboxylic acids is 1. The van der Waals surface area contributed by atoms with Gasteiger partial charge in [-0.3, -0.25) is 14.9 Å². The van der Waals surface area contributed by atoms with Crippen molar-refractivity contribution in [2.75, 3.05) is 0 Å². The lowest BCUT2D eigenvalue weighted by Gasteiger charge is -2.11. The van der Waals surface area contributed by atoms with Crippen molar-refractivity contribution in [2.45, 2.75) is 4.90 Å². The van der Waals surface area contributed by atoms with Crippen LogP contribution in [0.25, 0.3) is 6.08 Å². The summed E-state index contributed by atoms with van der Waals surface area (Å²) < 4.78 is 69.8. The zero-order valence-corrected chi connectivity index (χ0v) is 18.3. The predicted octanol–water partition coefficient (Wildman–Crippen LogP) is 6.77. The van der Waals surface area contributed by atoms with Gasteiger partial charge in [-0.2, -0.15) is 0 Å². The number of aromatic hydroxyl groups is 1. The van der Waals surface area contributed by atoms with Gasteiger partial charge in [-0.05, 0) is 42.0 Å². The Hall–Kier alpha value is -3.25. The minimum absolute atomic E-state index is 0.00843. The average Bonchev–Trinajstić information content (AvgIpc) is 2.79. The van der Waals surface area contributed by atoms with Gasteiger partial charge in [0.05, 0.1) is 14.7 Å². The largest absolute Gasteiger partial charge is 0.502 e. The number of halogens is 6. The smallest absolute Gasteiger partial charge is 0.311 e. The summed E-state index contributed by atoms with van der Waals surface area (Å²) in [7, 11) is 0. The molecule has 0 radical (unpaired) electrons. The first kappa shape index (κ1) is 24.4. The van der Waals surface area contributed by atoms with Crippen molar-refractivity contribution in [2.24, 2.45) is 0 Å². The number of nitrogens with zero attached hydrogens (tertiary/aromatic N) is 1. The molecule has 3 aromatic carbocycles. The summed E-state index contributed by atoms with van der Waals surface area (Å²) in [5.41, 5.74) is -0.758. The van der Waals surface area contributed by atoms with Crippen LogP contribution in [0.15, 0.2) is 56.7 Å². The van der Waals surface area contributed by atoms with Crippen molar-refractivity contribution in [3.05, 3.63) is 102 Å². The average molecular weight is 546 g/mol. The lowest BCUT2D eigenvalue weighted by Crippen LogP contribution is -2.06. The normalized spacial score (nSPS) is 11.5. The zero-order chi connectivity index (χ0) is 24.4. The number of nitro groups is 1. The fourth-order valence-corrected chi connectivity index (χ4v) is 3.85.